The van der Waals surface area contributed by atoms with Gasteiger partial charge in [0.15, 0.2) is 0 Å². The van der Waals surface area contributed by atoms with E-state index in [0.717, 1.165) is 50.1 Å². The van der Waals surface area contributed by atoms with Crippen LogP contribution in [0.2, 0.25) is 0 Å². The van der Waals surface area contributed by atoms with Gasteiger partial charge in [-0.05, 0) is 105 Å². The van der Waals surface area contributed by atoms with Crippen molar-refractivity contribution in [2.45, 2.75) is 5.41 Å². The van der Waals surface area contributed by atoms with E-state index < -0.39 is 5.41 Å². The summed E-state index contributed by atoms with van der Waals surface area (Å²) in [6, 6.07) is 80.9. The van der Waals surface area contributed by atoms with Gasteiger partial charge in [-0.3, -0.25) is 0 Å². The standard InChI is InChI=1S/C55H37NO/c1-4-16-38(17-5-1)39-28-32-44(33-29-39)56(43-20-8-3-9-21-43)52-27-15-12-22-45(52)40-30-34-48-49-37-42(31-35-53(49)57-54(48)36-40)55(41-18-6-2-7-19-41)50-25-13-10-23-46(50)47-24-11-14-26-51(47)55/h1-37H. The Labute approximate surface area is 332 Å². The van der Waals surface area contributed by atoms with Crippen LogP contribution in [-0.4, -0.2) is 0 Å². The molecule has 0 spiro atoms. The van der Waals surface area contributed by atoms with Crippen molar-refractivity contribution in [3.05, 3.63) is 247 Å². The van der Waals surface area contributed by atoms with E-state index in [1.165, 1.54) is 44.5 Å². The van der Waals surface area contributed by atoms with Gasteiger partial charge in [0.2, 0.25) is 0 Å². The minimum absolute atomic E-state index is 0.467. The summed E-state index contributed by atoms with van der Waals surface area (Å²) in [7, 11) is 0. The van der Waals surface area contributed by atoms with Gasteiger partial charge in [-0.25, -0.2) is 0 Å². The second-order valence-corrected chi connectivity index (χ2v) is 14.8. The van der Waals surface area contributed by atoms with Crippen molar-refractivity contribution in [1.29, 1.82) is 0 Å². The Morgan fingerprint density at radius 1 is 0.333 bits per heavy atom. The van der Waals surface area contributed by atoms with E-state index in [4.69, 9.17) is 4.42 Å². The molecule has 0 saturated heterocycles. The van der Waals surface area contributed by atoms with Crippen molar-refractivity contribution >= 4 is 39.0 Å². The van der Waals surface area contributed by atoms with Crippen LogP contribution in [-0.2, 0) is 5.41 Å². The molecular weight excluding hydrogens is 691 g/mol. The van der Waals surface area contributed by atoms with E-state index in [2.05, 4.69) is 229 Å². The highest BCUT2D eigenvalue weighted by atomic mass is 16.3. The zero-order chi connectivity index (χ0) is 37.8. The molecule has 2 nitrogen and oxygen atoms in total. The van der Waals surface area contributed by atoms with Gasteiger partial charge < -0.3 is 9.32 Å². The first kappa shape index (κ1) is 33.0. The molecule has 0 fully saturated rings. The summed E-state index contributed by atoms with van der Waals surface area (Å²) in [5, 5.41) is 2.22. The lowest BCUT2D eigenvalue weighted by atomic mass is 9.67. The molecule has 268 valence electrons. The Morgan fingerprint density at radius 3 is 1.58 bits per heavy atom. The fraction of sp³-hybridized carbons (Fsp3) is 0.0182. The van der Waals surface area contributed by atoms with Crippen molar-refractivity contribution in [1.82, 2.24) is 0 Å². The van der Waals surface area contributed by atoms with Gasteiger partial charge in [-0.1, -0.05) is 170 Å². The van der Waals surface area contributed by atoms with Crippen molar-refractivity contribution in [2.24, 2.45) is 0 Å². The molecule has 0 amide bonds. The van der Waals surface area contributed by atoms with Crippen molar-refractivity contribution in [2.75, 3.05) is 4.90 Å². The van der Waals surface area contributed by atoms with Crippen molar-refractivity contribution in [3.8, 4) is 33.4 Å². The van der Waals surface area contributed by atoms with Crippen LogP contribution < -0.4 is 4.90 Å². The van der Waals surface area contributed by atoms with Crippen molar-refractivity contribution < 1.29 is 4.42 Å². The molecule has 10 aromatic rings. The molecule has 1 aromatic heterocycles. The second kappa shape index (κ2) is 13.4. The molecule has 9 aromatic carbocycles. The lowest BCUT2D eigenvalue weighted by Crippen LogP contribution is -2.28. The lowest BCUT2D eigenvalue weighted by Gasteiger charge is -2.33. The Morgan fingerprint density at radius 2 is 0.877 bits per heavy atom. The van der Waals surface area contributed by atoms with Crippen LogP contribution in [0.1, 0.15) is 22.3 Å². The van der Waals surface area contributed by atoms with Gasteiger partial charge in [0.05, 0.1) is 11.1 Å². The molecule has 11 rings (SSSR count). The maximum Gasteiger partial charge on any atom is 0.136 e. The summed E-state index contributed by atoms with van der Waals surface area (Å²) in [4.78, 5) is 2.35. The van der Waals surface area contributed by atoms with Gasteiger partial charge in [-0.2, -0.15) is 0 Å². The third-order valence-corrected chi connectivity index (χ3v) is 11.8. The molecule has 0 bridgehead atoms. The Balaban J connectivity index is 1.05. The summed E-state index contributed by atoms with van der Waals surface area (Å²) < 4.78 is 6.72. The average molecular weight is 728 g/mol. The summed E-state index contributed by atoms with van der Waals surface area (Å²) in [5.41, 5.74) is 16.8. The topological polar surface area (TPSA) is 16.4 Å². The SMILES string of the molecule is c1ccc(-c2ccc(N(c3ccccc3)c3ccccc3-c3ccc4c(c3)oc3ccc(C5(c6ccccc6)c6ccccc6-c6ccccc65)cc34)cc2)cc1. The van der Waals surface area contributed by atoms with E-state index in [0.29, 0.717) is 0 Å². The van der Waals surface area contributed by atoms with Gasteiger partial charge in [0, 0.05) is 27.7 Å². The van der Waals surface area contributed by atoms with Gasteiger partial charge in [0.25, 0.3) is 0 Å². The predicted molar refractivity (Wildman–Crippen MR) is 237 cm³/mol. The third-order valence-electron chi connectivity index (χ3n) is 11.8. The highest BCUT2D eigenvalue weighted by Crippen LogP contribution is 2.56. The number of nitrogens with zero attached hydrogens (tertiary/aromatic N) is 1. The minimum atomic E-state index is -0.467. The highest BCUT2D eigenvalue weighted by Gasteiger charge is 2.46. The lowest BCUT2D eigenvalue weighted by molar-refractivity contribution is 0.668. The maximum absolute atomic E-state index is 6.72. The molecule has 1 aliphatic carbocycles. The Bertz CT molecular complexity index is 3010. The van der Waals surface area contributed by atoms with Gasteiger partial charge >= 0.3 is 0 Å². The van der Waals surface area contributed by atoms with Crippen LogP contribution >= 0.6 is 0 Å². The number of para-hydroxylation sites is 2. The van der Waals surface area contributed by atoms with E-state index in [9.17, 15) is 0 Å². The van der Waals surface area contributed by atoms with Crippen LogP contribution in [0.5, 0.6) is 0 Å². The molecular formula is C55H37NO. The van der Waals surface area contributed by atoms with E-state index in [1.807, 2.05) is 0 Å². The van der Waals surface area contributed by atoms with Crippen LogP contribution in [0, 0.1) is 0 Å². The number of fused-ring (bicyclic) bond motifs is 6. The first-order valence-electron chi connectivity index (χ1n) is 19.6. The number of rotatable bonds is 7. The molecule has 1 heterocycles. The zero-order valence-corrected chi connectivity index (χ0v) is 31.2. The number of benzene rings is 9. The Kier molecular flexibility index (Phi) is 7.75. The third kappa shape index (κ3) is 5.26. The van der Waals surface area contributed by atoms with Crippen LogP contribution in [0.15, 0.2) is 229 Å². The molecule has 0 saturated carbocycles. The summed E-state index contributed by atoms with van der Waals surface area (Å²) in [5.74, 6) is 0. The molecule has 0 unspecified atom stereocenters. The van der Waals surface area contributed by atoms with Crippen LogP contribution in [0.4, 0.5) is 17.1 Å². The number of anilines is 3. The molecule has 0 radical (unpaired) electrons. The first-order valence-corrected chi connectivity index (χ1v) is 19.6. The fourth-order valence-electron chi connectivity index (χ4n) is 9.24. The quantitative estimate of drug-likeness (QED) is 0.163. The Hall–Kier alpha value is -7.42. The first-order chi connectivity index (χ1) is 28.3. The van der Waals surface area contributed by atoms with E-state index in [1.54, 1.807) is 0 Å². The van der Waals surface area contributed by atoms with Gasteiger partial charge in [0.1, 0.15) is 11.2 Å². The van der Waals surface area contributed by atoms with Gasteiger partial charge in [-0.15, -0.1) is 0 Å². The predicted octanol–water partition coefficient (Wildman–Crippen LogP) is 14.8. The zero-order valence-electron chi connectivity index (χ0n) is 31.2. The largest absolute Gasteiger partial charge is 0.456 e. The molecule has 57 heavy (non-hydrogen) atoms. The molecule has 1 aliphatic rings. The smallest absolute Gasteiger partial charge is 0.136 e. The molecule has 0 N–H and O–H groups in total. The summed E-state index contributed by atoms with van der Waals surface area (Å²) >= 11 is 0. The molecule has 0 atom stereocenters. The number of hydrogen-bond acceptors (Lipinski definition) is 2. The maximum atomic E-state index is 6.72. The van der Waals surface area contributed by atoms with E-state index >= 15 is 0 Å². The summed E-state index contributed by atoms with van der Waals surface area (Å²) in [6.07, 6.45) is 0. The van der Waals surface area contributed by atoms with Crippen LogP contribution in [0.3, 0.4) is 0 Å². The van der Waals surface area contributed by atoms with Crippen LogP contribution in [0.25, 0.3) is 55.3 Å². The normalized spacial score (nSPS) is 12.7. The fourth-order valence-corrected chi connectivity index (χ4v) is 9.24. The highest BCUT2D eigenvalue weighted by molar-refractivity contribution is 6.07. The molecule has 2 heteroatoms. The van der Waals surface area contributed by atoms with Crippen molar-refractivity contribution in [3.63, 3.8) is 0 Å². The number of furan rings is 1. The second-order valence-electron chi connectivity index (χ2n) is 14.8. The monoisotopic (exact) mass is 727 g/mol. The number of hydrogen-bond donors (Lipinski definition) is 0. The average Bonchev–Trinajstić information content (AvgIpc) is 3.81. The molecule has 0 aliphatic heterocycles. The minimum Gasteiger partial charge on any atom is -0.456 e. The van der Waals surface area contributed by atoms with E-state index in [-0.39, 0.29) is 0 Å². The summed E-state index contributed by atoms with van der Waals surface area (Å²) in [6.45, 7) is 0.